The zero-order valence-corrected chi connectivity index (χ0v) is 14.0. The molecule has 0 radical (unpaired) electrons. The molecule has 1 aromatic carbocycles. The van der Waals surface area contributed by atoms with Gasteiger partial charge in [0.1, 0.15) is 0 Å². The van der Waals surface area contributed by atoms with Crippen molar-refractivity contribution in [3.63, 3.8) is 0 Å². The molecule has 1 spiro atoms. The van der Waals surface area contributed by atoms with Crippen LogP contribution in [0.5, 0.6) is 0 Å². The molecule has 0 aromatic heterocycles. The van der Waals surface area contributed by atoms with Crippen LogP contribution in [0.2, 0.25) is 0 Å². The molecule has 0 bridgehead atoms. The molecule has 1 N–H and O–H groups in total. The van der Waals surface area contributed by atoms with Crippen LogP contribution in [0.15, 0.2) is 30.3 Å². The molecule has 1 aliphatic carbocycles. The third-order valence-corrected chi connectivity index (χ3v) is 5.62. The molecule has 1 amide bonds. The zero-order chi connectivity index (χ0) is 15.7. The maximum atomic E-state index is 13.0. The molecule has 1 saturated carbocycles. The summed E-state index contributed by atoms with van der Waals surface area (Å²) in [6.07, 6.45) is 3.42. The largest absolute Gasteiger partial charge is 0.338 e. The highest BCUT2D eigenvalue weighted by Crippen LogP contribution is 2.59. The molecule has 1 saturated heterocycles. The summed E-state index contributed by atoms with van der Waals surface area (Å²) in [5.41, 5.74) is 1.56. The van der Waals surface area contributed by atoms with Crippen LogP contribution in [-0.2, 0) is 4.79 Å². The van der Waals surface area contributed by atoms with Crippen molar-refractivity contribution < 1.29 is 4.79 Å². The molecule has 3 nitrogen and oxygen atoms in total. The minimum atomic E-state index is 0.174. The molecule has 22 heavy (non-hydrogen) atoms. The number of benzene rings is 1. The molecule has 3 rings (SSSR count). The van der Waals surface area contributed by atoms with Gasteiger partial charge in [0.05, 0.1) is 6.04 Å². The van der Waals surface area contributed by atoms with E-state index in [9.17, 15) is 4.79 Å². The third-order valence-electron chi connectivity index (χ3n) is 5.62. The molecular weight excluding hydrogens is 272 g/mol. The number of nitrogens with one attached hydrogen (secondary N) is 1. The van der Waals surface area contributed by atoms with Gasteiger partial charge in [-0.15, -0.1) is 0 Å². The fraction of sp³-hybridized carbons (Fsp3) is 0.632. The van der Waals surface area contributed by atoms with Crippen molar-refractivity contribution in [2.24, 2.45) is 17.3 Å². The summed E-state index contributed by atoms with van der Waals surface area (Å²) in [6.45, 7) is 6.54. The third kappa shape index (κ3) is 2.79. The number of carbonyl (C=O) groups is 1. The van der Waals surface area contributed by atoms with Crippen molar-refractivity contribution in [1.82, 2.24) is 10.2 Å². The van der Waals surface area contributed by atoms with Gasteiger partial charge in [-0.1, -0.05) is 44.2 Å². The number of hydrogen-bond donors (Lipinski definition) is 1. The summed E-state index contributed by atoms with van der Waals surface area (Å²) < 4.78 is 0. The predicted octanol–water partition coefficient (Wildman–Crippen LogP) is 3.23. The van der Waals surface area contributed by atoms with Gasteiger partial charge in [-0.05, 0) is 49.2 Å². The number of carbonyl (C=O) groups excluding carboxylic acids is 1. The molecule has 1 aliphatic heterocycles. The Kier molecular flexibility index (Phi) is 4.26. The van der Waals surface area contributed by atoms with Crippen molar-refractivity contribution in [3.05, 3.63) is 35.9 Å². The van der Waals surface area contributed by atoms with Crippen LogP contribution in [-0.4, -0.2) is 30.9 Å². The van der Waals surface area contributed by atoms with E-state index >= 15 is 0 Å². The molecule has 1 aromatic rings. The van der Waals surface area contributed by atoms with Crippen molar-refractivity contribution >= 4 is 5.91 Å². The van der Waals surface area contributed by atoms with Crippen molar-refractivity contribution in [1.29, 1.82) is 0 Å². The lowest BCUT2D eigenvalue weighted by molar-refractivity contribution is -0.135. The monoisotopic (exact) mass is 300 g/mol. The second kappa shape index (κ2) is 6.04. The molecular formula is C19H28N2O. The van der Waals surface area contributed by atoms with E-state index in [0.717, 1.165) is 32.4 Å². The standard InChI is InChI=1S/C19H28N2O/c1-14(2)17(15-7-5-4-6-8-15)21(3)18(22)16-13-19(16)9-11-20-12-10-19/h4-8,14,16-17,20H,9-13H2,1-3H3. The highest BCUT2D eigenvalue weighted by molar-refractivity contribution is 5.83. The Hall–Kier alpha value is -1.35. The lowest BCUT2D eigenvalue weighted by Crippen LogP contribution is -2.38. The lowest BCUT2D eigenvalue weighted by atomic mass is 9.90. The van der Waals surface area contributed by atoms with E-state index in [1.54, 1.807) is 0 Å². The summed E-state index contributed by atoms with van der Waals surface area (Å²) in [5.74, 6) is 1.02. The molecule has 2 aliphatic rings. The molecule has 2 atom stereocenters. The van der Waals surface area contributed by atoms with Crippen molar-refractivity contribution in [2.45, 2.75) is 39.2 Å². The van der Waals surface area contributed by atoms with Gasteiger partial charge in [0.25, 0.3) is 0 Å². The minimum absolute atomic E-state index is 0.174. The minimum Gasteiger partial charge on any atom is -0.338 e. The van der Waals surface area contributed by atoms with Crippen molar-refractivity contribution in [2.75, 3.05) is 20.1 Å². The van der Waals surface area contributed by atoms with E-state index in [2.05, 4.69) is 43.4 Å². The lowest BCUT2D eigenvalue weighted by Gasteiger charge is -2.33. The Morgan fingerprint density at radius 3 is 2.45 bits per heavy atom. The first-order valence-electron chi connectivity index (χ1n) is 8.57. The SMILES string of the molecule is CC(C)C(c1ccccc1)N(C)C(=O)C1CC12CCNCC2. The normalized spacial score (nSPS) is 24.3. The summed E-state index contributed by atoms with van der Waals surface area (Å²) in [5, 5.41) is 3.41. The second-order valence-corrected chi connectivity index (χ2v) is 7.42. The first-order valence-corrected chi connectivity index (χ1v) is 8.57. The highest BCUT2D eigenvalue weighted by atomic mass is 16.2. The average molecular weight is 300 g/mol. The number of hydrogen-bond acceptors (Lipinski definition) is 2. The van der Waals surface area contributed by atoms with Crippen LogP contribution in [0.1, 0.15) is 44.7 Å². The summed E-state index contributed by atoms with van der Waals surface area (Å²) in [4.78, 5) is 15.0. The predicted molar refractivity (Wildman–Crippen MR) is 89.4 cm³/mol. The van der Waals surface area contributed by atoms with E-state index in [1.807, 2.05) is 18.0 Å². The fourth-order valence-electron chi connectivity index (χ4n) is 4.26. The van der Waals surface area contributed by atoms with Gasteiger partial charge in [0.15, 0.2) is 0 Å². The first kappa shape index (κ1) is 15.5. The van der Waals surface area contributed by atoms with Crippen LogP contribution in [0.4, 0.5) is 0 Å². The van der Waals surface area contributed by atoms with Gasteiger partial charge in [0.2, 0.25) is 5.91 Å². The molecule has 3 heteroatoms. The van der Waals surface area contributed by atoms with Gasteiger partial charge in [-0.2, -0.15) is 0 Å². The maximum absolute atomic E-state index is 13.0. The summed E-state index contributed by atoms with van der Waals surface area (Å²) >= 11 is 0. The number of amides is 1. The van der Waals surface area contributed by atoms with Gasteiger partial charge in [-0.25, -0.2) is 0 Å². The Labute approximate surface area is 134 Å². The van der Waals surface area contributed by atoms with Gasteiger partial charge in [-0.3, -0.25) is 4.79 Å². The molecule has 2 unspecified atom stereocenters. The Morgan fingerprint density at radius 1 is 1.23 bits per heavy atom. The van der Waals surface area contributed by atoms with E-state index in [4.69, 9.17) is 0 Å². The number of rotatable bonds is 4. The first-order chi connectivity index (χ1) is 10.6. The second-order valence-electron chi connectivity index (χ2n) is 7.42. The van der Waals surface area contributed by atoms with Crippen LogP contribution >= 0.6 is 0 Å². The van der Waals surface area contributed by atoms with E-state index < -0.39 is 0 Å². The van der Waals surface area contributed by atoms with Gasteiger partial charge in [0, 0.05) is 13.0 Å². The Morgan fingerprint density at radius 2 is 1.86 bits per heavy atom. The number of piperidine rings is 1. The Bertz CT molecular complexity index is 519. The van der Waals surface area contributed by atoms with Crippen LogP contribution in [0, 0.1) is 17.3 Å². The maximum Gasteiger partial charge on any atom is 0.226 e. The fourth-order valence-corrected chi connectivity index (χ4v) is 4.26. The Balaban J connectivity index is 1.74. The van der Waals surface area contributed by atoms with E-state index in [0.29, 0.717) is 17.2 Å². The summed E-state index contributed by atoms with van der Waals surface area (Å²) in [6, 6.07) is 10.6. The highest BCUT2D eigenvalue weighted by Gasteiger charge is 2.58. The topological polar surface area (TPSA) is 32.3 Å². The van der Waals surface area contributed by atoms with E-state index in [-0.39, 0.29) is 12.0 Å². The zero-order valence-electron chi connectivity index (χ0n) is 14.0. The van der Waals surface area contributed by atoms with Gasteiger partial charge >= 0.3 is 0 Å². The average Bonchev–Trinajstić information content (AvgIpc) is 3.21. The van der Waals surface area contributed by atoms with Crippen LogP contribution < -0.4 is 5.32 Å². The van der Waals surface area contributed by atoms with Crippen LogP contribution in [0.3, 0.4) is 0 Å². The summed E-state index contributed by atoms with van der Waals surface area (Å²) in [7, 11) is 1.99. The number of nitrogens with zero attached hydrogens (tertiary/aromatic N) is 1. The molecule has 2 fully saturated rings. The van der Waals surface area contributed by atoms with Crippen molar-refractivity contribution in [3.8, 4) is 0 Å². The van der Waals surface area contributed by atoms with E-state index in [1.165, 1.54) is 5.56 Å². The quantitative estimate of drug-likeness (QED) is 0.926. The molecule has 120 valence electrons. The smallest absolute Gasteiger partial charge is 0.226 e. The van der Waals surface area contributed by atoms with Gasteiger partial charge < -0.3 is 10.2 Å². The molecule has 1 heterocycles. The van der Waals surface area contributed by atoms with Crippen LogP contribution in [0.25, 0.3) is 0 Å².